The lowest BCUT2D eigenvalue weighted by atomic mass is 9.90. The second-order valence-electron chi connectivity index (χ2n) is 15.1. The molecule has 4 heterocycles. The monoisotopic (exact) mass is 750 g/mol. The number of hydrogen-bond acceptors (Lipinski definition) is 5. The first-order valence-corrected chi connectivity index (χ1v) is 20.3. The number of rotatable bonds is 5. The van der Waals surface area contributed by atoms with Crippen LogP contribution in [0.1, 0.15) is 34.1 Å². The van der Waals surface area contributed by atoms with Gasteiger partial charge in [0, 0.05) is 55.5 Å². The van der Waals surface area contributed by atoms with Gasteiger partial charge in [-0.25, -0.2) is 4.98 Å². The van der Waals surface area contributed by atoms with E-state index in [4.69, 9.17) is 19.7 Å². The second kappa shape index (κ2) is 12.4. The summed E-state index contributed by atoms with van der Waals surface area (Å²) in [6, 6.07) is 34.5. The Bertz CT molecular complexity index is 3210. The van der Waals surface area contributed by atoms with Crippen LogP contribution in [0.3, 0.4) is 0 Å². The van der Waals surface area contributed by atoms with Crippen LogP contribution in [0.5, 0.6) is 5.75 Å². The smallest absolute Gasteiger partial charge is 0.238 e. The van der Waals surface area contributed by atoms with Gasteiger partial charge in [0.1, 0.15) is 11.9 Å². The molecule has 57 heavy (non-hydrogen) atoms. The molecule has 2 aliphatic heterocycles. The molecular formula is C51H34N4OS. The molecule has 12 rings (SSSR count). The predicted molar refractivity (Wildman–Crippen MR) is 236 cm³/mol. The van der Waals surface area contributed by atoms with Gasteiger partial charge in [-0.3, -0.25) is 4.57 Å². The molecule has 0 saturated carbocycles. The number of benzene rings is 6. The lowest BCUT2D eigenvalue weighted by Gasteiger charge is -2.15. The van der Waals surface area contributed by atoms with E-state index in [-0.39, 0.29) is 12.0 Å². The molecule has 6 aromatic carbocycles. The number of thioether (sulfide) groups is 1. The predicted octanol–water partition coefficient (Wildman–Crippen LogP) is 12.5. The summed E-state index contributed by atoms with van der Waals surface area (Å²) in [7, 11) is 0. The molecule has 8 aromatic rings. The van der Waals surface area contributed by atoms with Crippen LogP contribution in [0, 0.1) is 0 Å². The fourth-order valence-electron chi connectivity index (χ4n) is 9.43. The van der Waals surface area contributed by atoms with Crippen LogP contribution in [-0.2, 0) is 0 Å². The van der Waals surface area contributed by atoms with E-state index in [1.54, 1.807) is 0 Å². The van der Waals surface area contributed by atoms with Gasteiger partial charge < -0.3 is 4.74 Å². The van der Waals surface area contributed by atoms with Gasteiger partial charge in [-0.15, -0.1) is 11.8 Å². The van der Waals surface area contributed by atoms with Gasteiger partial charge in [0.15, 0.2) is 11.6 Å². The largest absolute Gasteiger partial charge is 0.485 e. The molecule has 6 heteroatoms. The maximum atomic E-state index is 6.62. The van der Waals surface area contributed by atoms with Crippen LogP contribution < -0.4 is 4.74 Å². The number of nitrogens with zero attached hydrogens (tertiary/aromatic N) is 4. The highest BCUT2D eigenvalue weighted by Gasteiger charge is 2.36. The number of fused-ring (bicyclic) bond motifs is 12. The Morgan fingerprint density at radius 3 is 2.07 bits per heavy atom. The van der Waals surface area contributed by atoms with Crippen LogP contribution in [0.25, 0.3) is 84.2 Å². The van der Waals surface area contributed by atoms with Crippen LogP contribution in [-0.4, -0.2) is 30.9 Å². The van der Waals surface area contributed by atoms with Crippen molar-refractivity contribution in [2.45, 2.75) is 28.1 Å². The molecule has 0 fully saturated rings. The third kappa shape index (κ3) is 4.80. The van der Waals surface area contributed by atoms with E-state index in [2.05, 4.69) is 145 Å². The molecule has 270 valence electrons. The molecule has 5 nitrogen and oxygen atoms in total. The fraction of sp³-hybridized carbons (Fsp3) is 0.0784. The first-order valence-electron chi connectivity index (χ1n) is 19.4. The first-order chi connectivity index (χ1) is 28.1. The number of hydrogen-bond donors (Lipinski definition) is 0. The van der Waals surface area contributed by atoms with Crippen molar-refractivity contribution in [2.24, 2.45) is 0 Å². The van der Waals surface area contributed by atoms with E-state index < -0.39 is 0 Å². The Morgan fingerprint density at radius 1 is 0.561 bits per heavy atom. The maximum absolute atomic E-state index is 6.62. The average molecular weight is 751 g/mol. The Kier molecular flexibility index (Phi) is 7.05. The molecule has 0 N–H and O–H groups in total. The number of aromatic nitrogens is 4. The topological polar surface area (TPSA) is 52.8 Å². The normalized spacial score (nSPS) is 19.9. The minimum Gasteiger partial charge on any atom is -0.485 e. The second-order valence-corrected chi connectivity index (χ2v) is 16.3. The summed E-state index contributed by atoms with van der Waals surface area (Å²) in [5, 5.41) is 7.23. The van der Waals surface area contributed by atoms with Crippen molar-refractivity contribution in [3.05, 3.63) is 181 Å². The van der Waals surface area contributed by atoms with E-state index in [1.165, 1.54) is 21.4 Å². The lowest BCUT2D eigenvalue weighted by molar-refractivity contribution is 0.269. The summed E-state index contributed by atoms with van der Waals surface area (Å²) in [6.45, 7) is 8.35. The highest BCUT2D eigenvalue weighted by molar-refractivity contribution is 8.00. The molecule has 2 aromatic heterocycles. The molecule has 0 amide bonds. The lowest BCUT2D eigenvalue weighted by Crippen LogP contribution is -2.15. The highest BCUT2D eigenvalue weighted by Crippen LogP contribution is 2.52. The molecule has 0 saturated heterocycles. The quantitative estimate of drug-likeness (QED) is 0.164. The average Bonchev–Trinajstić information content (AvgIpc) is 3.92. The van der Waals surface area contributed by atoms with Gasteiger partial charge in [0.05, 0.1) is 11.0 Å². The molecular weight excluding hydrogens is 717 g/mol. The van der Waals surface area contributed by atoms with Crippen molar-refractivity contribution >= 4 is 67.3 Å². The van der Waals surface area contributed by atoms with Crippen LogP contribution in [0.2, 0.25) is 0 Å². The van der Waals surface area contributed by atoms with Crippen molar-refractivity contribution in [2.75, 3.05) is 0 Å². The fourth-order valence-corrected chi connectivity index (χ4v) is 10.8. The van der Waals surface area contributed by atoms with Crippen molar-refractivity contribution in [1.29, 1.82) is 0 Å². The van der Waals surface area contributed by atoms with E-state index in [0.29, 0.717) is 28.8 Å². The Morgan fingerprint density at radius 2 is 1.25 bits per heavy atom. The first kappa shape index (κ1) is 32.5. The van der Waals surface area contributed by atoms with Crippen LogP contribution in [0.4, 0.5) is 0 Å². The Balaban J connectivity index is 1.14. The summed E-state index contributed by atoms with van der Waals surface area (Å²) < 4.78 is 8.85. The summed E-state index contributed by atoms with van der Waals surface area (Å²) in [4.78, 5) is 17.2. The Labute approximate surface area is 333 Å². The van der Waals surface area contributed by atoms with Gasteiger partial charge in [-0.1, -0.05) is 135 Å². The van der Waals surface area contributed by atoms with Crippen molar-refractivity contribution in [3.8, 4) is 34.5 Å². The van der Waals surface area contributed by atoms with E-state index in [9.17, 15) is 0 Å². The minimum atomic E-state index is -0.0145. The standard InChI is InChI=1S/C51H34N4OS/c1-3-31-32(4-2)35-23-22-30(24-38(35)34-17-9-8-16-33(31)34)50-52-49(29-14-6-5-7-15-29)53-51(54-50)55-43-26-42-37-19-11-13-21-47(37)57-48(42)27-40(43)39-25-41-36-18-10-12-20-45(36)56-46(41)28-44(39)55/h3-28,36-37,45,47H,1-2H2. The Hall–Kier alpha value is -6.76. The zero-order valence-corrected chi connectivity index (χ0v) is 31.7. The van der Waals surface area contributed by atoms with Crippen LogP contribution >= 0.6 is 11.8 Å². The summed E-state index contributed by atoms with van der Waals surface area (Å²) >= 11 is 1.95. The minimum absolute atomic E-state index is 0.0145. The van der Waals surface area contributed by atoms with Crippen molar-refractivity contribution in [1.82, 2.24) is 19.5 Å². The van der Waals surface area contributed by atoms with E-state index >= 15 is 0 Å². The zero-order chi connectivity index (χ0) is 37.8. The highest BCUT2D eigenvalue weighted by atomic mass is 32.2. The molecule has 4 atom stereocenters. The summed E-state index contributed by atoms with van der Waals surface area (Å²) in [5.74, 6) is 3.16. The molecule has 0 radical (unpaired) electrons. The summed E-state index contributed by atoms with van der Waals surface area (Å²) in [5.41, 5.74) is 8.60. The third-order valence-electron chi connectivity index (χ3n) is 12.1. The van der Waals surface area contributed by atoms with Gasteiger partial charge in [-0.2, -0.15) is 9.97 Å². The van der Waals surface area contributed by atoms with Crippen molar-refractivity contribution in [3.63, 3.8) is 0 Å². The van der Waals surface area contributed by atoms with Gasteiger partial charge in [-0.05, 0) is 68.6 Å². The number of allylic oxidation sites excluding steroid dienone is 5. The molecule has 4 aliphatic rings. The summed E-state index contributed by atoms with van der Waals surface area (Å²) in [6.07, 6.45) is 21.5. The SMILES string of the molecule is C=Cc1c(C=C)c2ccc(-c3nc(-c4ccccc4)nc(-n4c5cc6c(cc5c5cc7c(cc54)C4C=CC=CC4S7)C4C=CC=CC4O6)n3)cc2c2ccccc12. The maximum Gasteiger partial charge on any atom is 0.238 e. The third-order valence-corrected chi connectivity index (χ3v) is 13.4. The molecule has 4 unspecified atom stereocenters. The van der Waals surface area contributed by atoms with E-state index in [0.717, 1.165) is 66.0 Å². The zero-order valence-electron chi connectivity index (χ0n) is 30.8. The van der Waals surface area contributed by atoms with Gasteiger partial charge in [0.2, 0.25) is 5.95 Å². The molecule has 0 spiro atoms. The van der Waals surface area contributed by atoms with Gasteiger partial charge in [0.25, 0.3) is 0 Å². The van der Waals surface area contributed by atoms with Gasteiger partial charge >= 0.3 is 0 Å². The van der Waals surface area contributed by atoms with Crippen LogP contribution in [0.15, 0.2) is 164 Å². The van der Waals surface area contributed by atoms with E-state index in [1.807, 2.05) is 42.1 Å². The van der Waals surface area contributed by atoms with Crippen molar-refractivity contribution < 1.29 is 4.74 Å². The molecule has 2 aliphatic carbocycles. The molecule has 0 bridgehead atoms. The number of ether oxygens (including phenoxy) is 1.